The molecule has 2 N–H and O–H groups in total. The molecule has 1 aliphatic rings. The number of benzene rings is 3. The van der Waals surface area contributed by atoms with Gasteiger partial charge in [0.2, 0.25) is 5.91 Å². The number of carbonyl (C=O) groups excluding carboxylic acids is 2. The fourth-order valence-corrected chi connectivity index (χ4v) is 4.66. The minimum atomic E-state index is -0.586. The van der Waals surface area contributed by atoms with Crippen molar-refractivity contribution in [3.05, 3.63) is 101 Å². The van der Waals surface area contributed by atoms with Crippen LogP contribution in [0.2, 0.25) is 5.02 Å². The van der Waals surface area contributed by atoms with Crippen LogP contribution in [-0.4, -0.2) is 28.7 Å². The molecule has 0 saturated carbocycles. The molecule has 2 amide bonds. The highest BCUT2D eigenvalue weighted by Gasteiger charge is 2.43. The van der Waals surface area contributed by atoms with Crippen molar-refractivity contribution in [2.45, 2.75) is 12.0 Å². The van der Waals surface area contributed by atoms with Gasteiger partial charge in [-0.25, -0.2) is 0 Å². The zero-order valence-corrected chi connectivity index (χ0v) is 17.6. The third kappa shape index (κ3) is 3.27. The van der Waals surface area contributed by atoms with Crippen LogP contribution in [0, 0.1) is 0 Å². The van der Waals surface area contributed by atoms with E-state index in [-0.39, 0.29) is 11.8 Å². The predicted molar refractivity (Wildman–Crippen MR) is 122 cm³/mol. The zero-order chi connectivity index (χ0) is 21.5. The van der Waals surface area contributed by atoms with Crippen LogP contribution in [0.3, 0.4) is 0 Å². The Kier molecular flexibility index (Phi) is 4.75. The molecule has 0 radical (unpaired) electrons. The summed E-state index contributed by atoms with van der Waals surface area (Å²) in [6, 6.07) is 21.8. The zero-order valence-electron chi connectivity index (χ0n) is 16.8. The molecule has 31 heavy (non-hydrogen) atoms. The van der Waals surface area contributed by atoms with Crippen molar-refractivity contribution in [2.75, 3.05) is 12.4 Å². The van der Waals surface area contributed by atoms with Crippen LogP contribution in [0.5, 0.6) is 0 Å². The molecule has 2 atom stereocenters. The van der Waals surface area contributed by atoms with E-state index in [0.29, 0.717) is 16.3 Å². The summed E-state index contributed by atoms with van der Waals surface area (Å²) < 4.78 is 0. The Morgan fingerprint density at radius 3 is 2.61 bits per heavy atom. The maximum atomic E-state index is 13.6. The van der Waals surface area contributed by atoms with E-state index in [1.165, 1.54) is 0 Å². The van der Waals surface area contributed by atoms with E-state index in [0.717, 1.165) is 22.0 Å². The van der Waals surface area contributed by atoms with E-state index in [9.17, 15) is 9.59 Å². The SMILES string of the molecule is CN1C(=O)c2ccccc2[C@H](C(=O)Nc2cccc(Cl)c2)[C@H]1c1c[nH]c2ccccc12. The number of halogens is 1. The fraction of sp³-hybridized carbons (Fsp3) is 0.120. The summed E-state index contributed by atoms with van der Waals surface area (Å²) in [7, 11) is 1.75. The van der Waals surface area contributed by atoms with E-state index in [2.05, 4.69) is 10.3 Å². The van der Waals surface area contributed by atoms with Crippen LogP contribution in [0.15, 0.2) is 79.0 Å². The lowest BCUT2D eigenvalue weighted by molar-refractivity contribution is -0.119. The number of H-pyrrole nitrogens is 1. The highest BCUT2D eigenvalue weighted by molar-refractivity contribution is 6.30. The third-order valence-corrected chi connectivity index (χ3v) is 6.13. The number of anilines is 1. The molecular formula is C25H20ClN3O2. The first-order valence-electron chi connectivity index (χ1n) is 10.0. The van der Waals surface area contributed by atoms with Gasteiger partial charge < -0.3 is 15.2 Å². The van der Waals surface area contributed by atoms with Crippen molar-refractivity contribution >= 4 is 40.0 Å². The van der Waals surface area contributed by atoms with Crippen molar-refractivity contribution in [1.29, 1.82) is 0 Å². The van der Waals surface area contributed by atoms with Crippen molar-refractivity contribution in [1.82, 2.24) is 9.88 Å². The molecule has 6 heteroatoms. The maximum absolute atomic E-state index is 13.6. The lowest BCUT2D eigenvalue weighted by Crippen LogP contribution is -2.44. The van der Waals surface area contributed by atoms with Crippen LogP contribution < -0.4 is 5.32 Å². The molecule has 154 valence electrons. The van der Waals surface area contributed by atoms with Gasteiger partial charge in [-0.15, -0.1) is 0 Å². The Morgan fingerprint density at radius 2 is 1.77 bits per heavy atom. The quantitative estimate of drug-likeness (QED) is 0.459. The smallest absolute Gasteiger partial charge is 0.254 e. The maximum Gasteiger partial charge on any atom is 0.254 e. The summed E-state index contributed by atoms with van der Waals surface area (Å²) in [5.41, 5.74) is 3.76. The number of aromatic amines is 1. The van der Waals surface area contributed by atoms with E-state index in [1.807, 2.05) is 48.7 Å². The van der Waals surface area contributed by atoms with E-state index < -0.39 is 12.0 Å². The monoisotopic (exact) mass is 429 g/mol. The average molecular weight is 430 g/mol. The first kappa shape index (κ1) is 19.4. The highest BCUT2D eigenvalue weighted by Crippen LogP contribution is 2.44. The second kappa shape index (κ2) is 7.60. The van der Waals surface area contributed by atoms with Gasteiger partial charge >= 0.3 is 0 Å². The minimum Gasteiger partial charge on any atom is -0.361 e. The molecule has 0 aliphatic carbocycles. The van der Waals surface area contributed by atoms with E-state index in [4.69, 9.17) is 11.6 Å². The van der Waals surface area contributed by atoms with Crippen molar-refractivity contribution in [3.63, 3.8) is 0 Å². The summed E-state index contributed by atoms with van der Waals surface area (Å²) >= 11 is 6.10. The van der Waals surface area contributed by atoms with Gasteiger partial charge in [0.1, 0.15) is 0 Å². The Morgan fingerprint density at radius 1 is 1.00 bits per heavy atom. The van der Waals surface area contributed by atoms with Gasteiger partial charge in [0.15, 0.2) is 0 Å². The van der Waals surface area contributed by atoms with Crippen LogP contribution in [0.4, 0.5) is 5.69 Å². The molecular weight excluding hydrogens is 410 g/mol. The number of nitrogens with one attached hydrogen (secondary N) is 2. The number of rotatable bonds is 3. The van der Waals surface area contributed by atoms with Crippen LogP contribution in [-0.2, 0) is 4.79 Å². The summed E-state index contributed by atoms with van der Waals surface area (Å²) in [4.78, 5) is 31.8. The average Bonchev–Trinajstić information content (AvgIpc) is 3.20. The molecule has 0 unspecified atom stereocenters. The first-order valence-corrected chi connectivity index (χ1v) is 10.4. The summed E-state index contributed by atoms with van der Waals surface area (Å²) in [6.07, 6.45) is 1.90. The van der Waals surface area contributed by atoms with Gasteiger partial charge in [0, 0.05) is 46.0 Å². The number of hydrogen-bond acceptors (Lipinski definition) is 2. The standard InChI is InChI=1S/C25H20ClN3O2/c1-29-23(20-14-27-21-12-5-4-9-17(20)21)22(18-10-2-3-11-19(18)25(29)31)24(30)28-16-8-6-7-15(26)13-16/h2-14,22-23,27H,1H3,(H,28,30)/t22-,23+/m0/s1. The molecule has 3 aromatic carbocycles. The number of nitrogens with zero attached hydrogens (tertiary/aromatic N) is 1. The molecule has 5 rings (SSSR count). The van der Waals surface area contributed by atoms with E-state index >= 15 is 0 Å². The molecule has 1 aliphatic heterocycles. The number of fused-ring (bicyclic) bond motifs is 2. The van der Waals surface area contributed by atoms with Crippen molar-refractivity contribution in [2.24, 2.45) is 0 Å². The van der Waals surface area contributed by atoms with Gasteiger partial charge in [-0.05, 0) is 35.9 Å². The van der Waals surface area contributed by atoms with Crippen LogP contribution in [0.1, 0.15) is 33.4 Å². The number of carbonyl (C=O) groups is 2. The number of para-hydroxylation sites is 1. The second-order valence-electron chi connectivity index (χ2n) is 7.72. The van der Waals surface area contributed by atoms with E-state index in [1.54, 1.807) is 42.3 Å². The Labute approximate surface area is 184 Å². The summed E-state index contributed by atoms with van der Waals surface area (Å²) in [5, 5.41) is 4.53. The number of aromatic nitrogens is 1. The molecule has 0 spiro atoms. The van der Waals surface area contributed by atoms with Gasteiger partial charge in [-0.2, -0.15) is 0 Å². The Bertz CT molecular complexity index is 1310. The molecule has 4 aromatic rings. The largest absolute Gasteiger partial charge is 0.361 e. The highest BCUT2D eigenvalue weighted by atomic mass is 35.5. The number of likely N-dealkylation sites (N-methyl/N-ethyl adjacent to an activating group) is 1. The summed E-state index contributed by atoms with van der Waals surface area (Å²) in [6.45, 7) is 0. The minimum absolute atomic E-state index is 0.0994. The lowest BCUT2D eigenvalue weighted by atomic mass is 9.79. The van der Waals surface area contributed by atoms with Crippen LogP contribution >= 0.6 is 11.6 Å². The van der Waals surface area contributed by atoms with Gasteiger partial charge in [0.05, 0.1) is 12.0 Å². The number of hydrogen-bond donors (Lipinski definition) is 2. The van der Waals surface area contributed by atoms with Gasteiger partial charge in [-0.1, -0.05) is 54.1 Å². The predicted octanol–water partition coefficient (Wildman–Crippen LogP) is 5.37. The van der Waals surface area contributed by atoms with Crippen molar-refractivity contribution < 1.29 is 9.59 Å². The topological polar surface area (TPSA) is 65.2 Å². The fourth-order valence-electron chi connectivity index (χ4n) is 4.47. The lowest BCUT2D eigenvalue weighted by Gasteiger charge is -2.39. The summed E-state index contributed by atoms with van der Waals surface area (Å²) in [5.74, 6) is -0.876. The molecule has 2 heterocycles. The second-order valence-corrected chi connectivity index (χ2v) is 8.15. The Balaban J connectivity index is 1.66. The molecule has 0 saturated heterocycles. The normalized spacial score (nSPS) is 18.1. The molecule has 0 fully saturated rings. The third-order valence-electron chi connectivity index (χ3n) is 5.89. The number of amides is 2. The Hall–Kier alpha value is -3.57. The molecule has 5 nitrogen and oxygen atoms in total. The van der Waals surface area contributed by atoms with Crippen molar-refractivity contribution in [3.8, 4) is 0 Å². The van der Waals surface area contributed by atoms with Gasteiger partial charge in [0.25, 0.3) is 5.91 Å². The molecule has 0 bridgehead atoms. The van der Waals surface area contributed by atoms with Crippen LogP contribution in [0.25, 0.3) is 10.9 Å². The molecule has 1 aromatic heterocycles. The first-order chi connectivity index (χ1) is 15.0. The van der Waals surface area contributed by atoms with Gasteiger partial charge in [-0.3, -0.25) is 9.59 Å².